The van der Waals surface area contributed by atoms with Gasteiger partial charge in [-0.15, -0.1) is 0 Å². The molecule has 2 N–H and O–H groups in total. The van der Waals surface area contributed by atoms with Crippen molar-refractivity contribution in [3.05, 3.63) is 24.3 Å². The lowest BCUT2D eigenvalue weighted by Gasteiger charge is -2.05. The minimum Gasteiger partial charge on any atom is -0.494 e. The first kappa shape index (κ1) is 11.2. The second kappa shape index (κ2) is 6.60. The van der Waals surface area contributed by atoms with Crippen LogP contribution in [0.15, 0.2) is 24.3 Å². The zero-order chi connectivity index (χ0) is 10.2. The lowest BCUT2D eigenvalue weighted by atomic mass is 10.3. The molecule has 0 aliphatic carbocycles. The molecular formula is C11H17NOS. The highest BCUT2D eigenvalue weighted by Crippen LogP contribution is 2.13. The number of benzene rings is 1. The van der Waals surface area contributed by atoms with Crippen LogP contribution in [-0.4, -0.2) is 18.1 Å². The molecule has 0 atom stereocenters. The lowest BCUT2D eigenvalue weighted by molar-refractivity contribution is 0.319. The molecule has 0 aliphatic rings. The SMILES string of the molecule is CCSCCCOc1ccc(N)cc1. The van der Waals surface area contributed by atoms with Gasteiger partial charge in [-0.05, 0) is 42.2 Å². The summed E-state index contributed by atoms with van der Waals surface area (Å²) in [6, 6.07) is 7.52. The molecule has 14 heavy (non-hydrogen) atoms. The summed E-state index contributed by atoms with van der Waals surface area (Å²) >= 11 is 1.95. The van der Waals surface area contributed by atoms with E-state index in [0.717, 1.165) is 24.5 Å². The van der Waals surface area contributed by atoms with Gasteiger partial charge < -0.3 is 10.5 Å². The van der Waals surface area contributed by atoms with Crippen molar-refractivity contribution in [3.63, 3.8) is 0 Å². The summed E-state index contributed by atoms with van der Waals surface area (Å²) in [6.07, 6.45) is 1.10. The summed E-state index contributed by atoms with van der Waals surface area (Å²) in [5.41, 5.74) is 6.34. The first-order chi connectivity index (χ1) is 6.83. The van der Waals surface area contributed by atoms with E-state index in [1.165, 1.54) is 11.5 Å². The van der Waals surface area contributed by atoms with E-state index in [-0.39, 0.29) is 0 Å². The van der Waals surface area contributed by atoms with Gasteiger partial charge >= 0.3 is 0 Å². The predicted molar refractivity (Wildman–Crippen MR) is 64.0 cm³/mol. The summed E-state index contributed by atoms with van der Waals surface area (Å²) in [5.74, 6) is 3.26. The maximum Gasteiger partial charge on any atom is 0.119 e. The van der Waals surface area contributed by atoms with Crippen LogP contribution >= 0.6 is 11.8 Å². The third kappa shape index (κ3) is 4.42. The zero-order valence-corrected chi connectivity index (χ0v) is 9.35. The molecule has 0 amide bonds. The molecule has 2 nitrogen and oxygen atoms in total. The van der Waals surface area contributed by atoms with Gasteiger partial charge in [-0.1, -0.05) is 6.92 Å². The second-order valence-corrected chi connectivity index (χ2v) is 4.36. The number of hydrogen-bond donors (Lipinski definition) is 1. The Morgan fingerprint density at radius 3 is 2.64 bits per heavy atom. The van der Waals surface area contributed by atoms with Crippen molar-refractivity contribution in [2.75, 3.05) is 23.8 Å². The Kier molecular flexibility index (Phi) is 5.30. The number of anilines is 1. The van der Waals surface area contributed by atoms with Crippen molar-refractivity contribution in [1.82, 2.24) is 0 Å². The van der Waals surface area contributed by atoms with Crippen LogP contribution in [0.3, 0.4) is 0 Å². The quantitative estimate of drug-likeness (QED) is 0.580. The van der Waals surface area contributed by atoms with Crippen molar-refractivity contribution in [3.8, 4) is 5.75 Å². The molecule has 0 spiro atoms. The van der Waals surface area contributed by atoms with Crippen molar-refractivity contribution in [2.45, 2.75) is 13.3 Å². The molecular weight excluding hydrogens is 194 g/mol. The van der Waals surface area contributed by atoms with E-state index in [4.69, 9.17) is 10.5 Å². The largest absolute Gasteiger partial charge is 0.494 e. The summed E-state index contributed by atoms with van der Waals surface area (Å²) in [5, 5.41) is 0. The Balaban J connectivity index is 2.15. The van der Waals surface area contributed by atoms with Crippen LogP contribution in [0.4, 0.5) is 5.69 Å². The average Bonchev–Trinajstić information content (AvgIpc) is 2.21. The van der Waals surface area contributed by atoms with Crippen LogP contribution in [0.2, 0.25) is 0 Å². The fourth-order valence-electron chi connectivity index (χ4n) is 1.06. The molecule has 0 unspecified atom stereocenters. The monoisotopic (exact) mass is 211 g/mol. The van der Waals surface area contributed by atoms with E-state index in [1.54, 1.807) is 0 Å². The van der Waals surface area contributed by atoms with Crippen molar-refractivity contribution < 1.29 is 4.74 Å². The average molecular weight is 211 g/mol. The zero-order valence-electron chi connectivity index (χ0n) is 8.53. The van der Waals surface area contributed by atoms with Gasteiger partial charge in [0.1, 0.15) is 5.75 Å². The van der Waals surface area contributed by atoms with Crippen molar-refractivity contribution in [2.24, 2.45) is 0 Å². The molecule has 1 aromatic carbocycles. The van der Waals surface area contributed by atoms with Crippen LogP contribution < -0.4 is 10.5 Å². The Hall–Kier alpha value is -0.830. The predicted octanol–water partition coefficient (Wildman–Crippen LogP) is 2.79. The number of rotatable bonds is 6. The van der Waals surface area contributed by atoms with E-state index in [9.17, 15) is 0 Å². The fourth-order valence-corrected chi connectivity index (χ4v) is 1.67. The molecule has 0 saturated carbocycles. The van der Waals surface area contributed by atoms with Crippen molar-refractivity contribution in [1.29, 1.82) is 0 Å². The van der Waals surface area contributed by atoms with Gasteiger partial charge in [0.2, 0.25) is 0 Å². The topological polar surface area (TPSA) is 35.2 Å². The minimum absolute atomic E-state index is 0.777. The molecule has 0 saturated heterocycles. The second-order valence-electron chi connectivity index (χ2n) is 2.97. The third-order valence-electron chi connectivity index (χ3n) is 1.79. The highest BCUT2D eigenvalue weighted by atomic mass is 32.2. The summed E-state index contributed by atoms with van der Waals surface area (Å²) in [7, 11) is 0. The number of nitrogens with two attached hydrogens (primary N) is 1. The highest BCUT2D eigenvalue weighted by molar-refractivity contribution is 7.99. The molecule has 0 aromatic heterocycles. The Morgan fingerprint density at radius 1 is 1.29 bits per heavy atom. The number of ether oxygens (including phenoxy) is 1. The highest BCUT2D eigenvalue weighted by Gasteiger charge is 1.93. The molecule has 3 heteroatoms. The summed E-state index contributed by atoms with van der Waals surface area (Å²) < 4.78 is 5.54. The van der Waals surface area contributed by atoms with Gasteiger partial charge in [-0.25, -0.2) is 0 Å². The first-order valence-electron chi connectivity index (χ1n) is 4.89. The maximum absolute atomic E-state index is 5.56. The van der Waals surface area contributed by atoms with E-state index >= 15 is 0 Å². The van der Waals surface area contributed by atoms with Gasteiger partial charge in [0.25, 0.3) is 0 Å². The van der Waals surface area contributed by atoms with Crippen molar-refractivity contribution >= 4 is 17.4 Å². The van der Waals surface area contributed by atoms with Crippen LogP contribution in [0.25, 0.3) is 0 Å². The lowest BCUT2D eigenvalue weighted by Crippen LogP contribution is -1.98. The Morgan fingerprint density at radius 2 is 2.00 bits per heavy atom. The number of hydrogen-bond acceptors (Lipinski definition) is 3. The van der Waals surface area contributed by atoms with Gasteiger partial charge in [0.05, 0.1) is 6.61 Å². The van der Waals surface area contributed by atoms with E-state index in [0.29, 0.717) is 0 Å². The smallest absolute Gasteiger partial charge is 0.119 e. The van der Waals surface area contributed by atoms with Gasteiger partial charge in [0.15, 0.2) is 0 Å². The van der Waals surface area contributed by atoms with Crippen LogP contribution in [0, 0.1) is 0 Å². The van der Waals surface area contributed by atoms with E-state index < -0.39 is 0 Å². The summed E-state index contributed by atoms with van der Waals surface area (Å²) in [6.45, 7) is 2.96. The minimum atomic E-state index is 0.777. The van der Waals surface area contributed by atoms with Crippen LogP contribution in [0.1, 0.15) is 13.3 Å². The standard InChI is InChI=1S/C11H17NOS/c1-2-14-9-3-8-13-11-6-4-10(12)5-7-11/h4-7H,2-3,8-9,12H2,1H3. The molecule has 0 heterocycles. The molecule has 1 aromatic rings. The summed E-state index contributed by atoms with van der Waals surface area (Å²) in [4.78, 5) is 0. The van der Waals surface area contributed by atoms with Crippen LogP contribution in [0.5, 0.6) is 5.75 Å². The molecule has 0 aliphatic heterocycles. The molecule has 0 fully saturated rings. The maximum atomic E-state index is 5.56. The third-order valence-corrected chi connectivity index (χ3v) is 2.77. The van der Waals surface area contributed by atoms with E-state index in [1.807, 2.05) is 36.0 Å². The van der Waals surface area contributed by atoms with Gasteiger partial charge in [-0.3, -0.25) is 0 Å². The fraction of sp³-hybridized carbons (Fsp3) is 0.455. The normalized spacial score (nSPS) is 10.1. The van der Waals surface area contributed by atoms with Gasteiger partial charge in [-0.2, -0.15) is 11.8 Å². The molecule has 0 bridgehead atoms. The number of nitrogen functional groups attached to an aromatic ring is 1. The number of thioether (sulfide) groups is 1. The Labute approximate surface area is 89.8 Å². The molecule has 0 radical (unpaired) electrons. The molecule has 78 valence electrons. The Bertz CT molecular complexity index is 248. The van der Waals surface area contributed by atoms with Gasteiger partial charge in [0, 0.05) is 5.69 Å². The van der Waals surface area contributed by atoms with Crippen LogP contribution in [-0.2, 0) is 0 Å². The first-order valence-corrected chi connectivity index (χ1v) is 6.04. The molecule has 1 rings (SSSR count). The van der Waals surface area contributed by atoms with E-state index in [2.05, 4.69) is 6.92 Å².